The second-order valence-corrected chi connectivity index (χ2v) is 4.85. The fourth-order valence-electron chi connectivity index (χ4n) is 2.33. The minimum atomic E-state index is 0.196. The average Bonchev–Trinajstić information content (AvgIpc) is 3.03. The number of nitrogens with one attached hydrogen (secondary N) is 1. The van der Waals surface area contributed by atoms with Crippen LogP contribution in [0, 0.1) is 11.3 Å². The predicted molar refractivity (Wildman–Crippen MR) is 79.6 cm³/mol. The van der Waals surface area contributed by atoms with Gasteiger partial charge in [-0.1, -0.05) is 0 Å². The van der Waals surface area contributed by atoms with Gasteiger partial charge in [0, 0.05) is 37.6 Å². The average molecular weight is 297 g/mol. The summed E-state index contributed by atoms with van der Waals surface area (Å²) in [4.78, 5) is 18.9. The van der Waals surface area contributed by atoms with E-state index in [2.05, 4.69) is 25.3 Å². The molecular weight excluding hydrogens is 282 g/mol. The highest BCUT2D eigenvalue weighted by molar-refractivity contribution is 5.38. The Morgan fingerprint density at radius 2 is 2.18 bits per heavy atom. The van der Waals surface area contributed by atoms with Crippen LogP contribution >= 0.6 is 0 Å². The van der Waals surface area contributed by atoms with Gasteiger partial charge in [-0.3, -0.25) is 0 Å². The molecule has 1 aliphatic heterocycles. The molecule has 1 atom stereocenters. The molecule has 22 heavy (non-hydrogen) atoms. The van der Waals surface area contributed by atoms with Crippen LogP contribution in [0.4, 0.5) is 11.9 Å². The van der Waals surface area contributed by atoms with E-state index in [1.807, 2.05) is 11.0 Å². The van der Waals surface area contributed by atoms with Crippen molar-refractivity contribution in [2.75, 3.05) is 30.4 Å². The Balaban J connectivity index is 1.65. The van der Waals surface area contributed by atoms with Gasteiger partial charge in [0.1, 0.15) is 11.8 Å². The standard InChI is InChI=1S/C14H15N7O/c1-22-12-3-6-16-13(20-12)18-11-4-7-21(9-11)14-17-5-2-10(8-15)19-14/h2-3,5-6,11H,4,7,9H2,1H3,(H,16,18,20). The third-order valence-corrected chi connectivity index (χ3v) is 3.40. The summed E-state index contributed by atoms with van der Waals surface area (Å²) >= 11 is 0. The van der Waals surface area contributed by atoms with Crippen molar-refractivity contribution < 1.29 is 4.74 Å². The van der Waals surface area contributed by atoms with Crippen molar-refractivity contribution in [3.63, 3.8) is 0 Å². The predicted octanol–water partition coefficient (Wildman–Crippen LogP) is 0.838. The molecule has 3 heterocycles. The summed E-state index contributed by atoms with van der Waals surface area (Å²) in [6, 6.07) is 5.52. The van der Waals surface area contributed by atoms with Crippen LogP contribution in [0.5, 0.6) is 5.88 Å². The molecule has 0 spiro atoms. The van der Waals surface area contributed by atoms with Gasteiger partial charge in [0.05, 0.1) is 7.11 Å². The number of anilines is 2. The highest BCUT2D eigenvalue weighted by Gasteiger charge is 2.25. The van der Waals surface area contributed by atoms with E-state index in [0.29, 0.717) is 23.5 Å². The zero-order valence-corrected chi connectivity index (χ0v) is 12.1. The Morgan fingerprint density at radius 1 is 1.32 bits per heavy atom. The van der Waals surface area contributed by atoms with Crippen LogP contribution in [0.1, 0.15) is 12.1 Å². The fraction of sp³-hybridized carbons (Fsp3) is 0.357. The van der Waals surface area contributed by atoms with E-state index in [0.717, 1.165) is 19.5 Å². The van der Waals surface area contributed by atoms with Gasteiger partial charge in [-0.05, 0) is 12.5 Å². The summed E-state index contributed by atoms with van der Waals surface area (Å²) in [7, 11) is 1.57. The number of hydrogen-bond donors (Lipinski definition) is 1. The molecule has 2 aromatic rings. The van der Waals surface area contributed by atoms with Gasteiger partial charge in [0.25, 0.3) is 0 Å². The number of methoxy groups -OCH3 is 1. The van der Waals surface area contributed by atoms with E-state index in [9.17, 15) is 0 Å². The van der Waals surface area contributed by atoms with Crippen LogP contribution in [-0.4, -0.2) is 46.2 Å². The van der Waals surface area contributed by atoms with E-state index >= 15 is 0 Å². The smallest absolute Gasteiger partial charge is 0.226 e. The monoisotopic (exact) mass is 297 g/mol. The van der Waals surface area contributed by atoms with Gasteiger partial charge >= 0.3 is 0 Å². The first-order chi connectivity index (χ1) is 10.8. The Morgan fingerprint density at radius 3 is 3.00 bits per heavy atom. The summed E-state index contributed by atoms with van der Waals surface area (Å²) < 4.78 is 5.08. The molecule has 0 radical (unpaired) electrons. The lowest BCUT2D eigenvalue weighted by Gasteiger charge is -2.16. The quantitative estimate of drug-likeness (QED) is 0.886. The number of hydrogen-bond acceptors (Lipinski definition) is 8. The second kappa shape index (κ2) is 6.22. The topological polar surface area (TPSA) is 99.8 Å². The minimum absolute atomic E-state index is 0.196. The Kier molecular flexibility index (Phi) is 3.96. The van der Waals surface area contributed by atoms with Gasteiger partial charge in [-0.2, -0.15) is 10.2 Å². The lowest BCUT2D eigenvalue weighted by Crippen LogP contribution is -2.28. The van der Waals surface area contributed by atoms with Crippen LogP contribution < -0.4 is 15.0 Å². The van der Waals surface area contributed by atoms with Crippen LogP contribution in [0.15, 0.2) is 24.5 Å². The van der Waals surface area contributed by atoms with Crippen molar-refractivity contribution in [3.8, 4) is 11.9 Å². The molecule has 0 amide bonds. The molecule has 1 aliphatic rings. The Bertz CT molecular complexity index is 700. The molecule has 2 aromatic heterocycles. The van der Waals surface area contributed by atoms with Crippen LogP contribution in [0.25, 0.3) is 0 Å². The molecule has 1 N–H and O–H groups in total. The summed E-state index contributed by atoms with van der Waals surface area (Å²) in [5.41, 5.74) is 0.373. The number of nitriles is 1. The van der Waals surface area contributed by atoms with Gasteiger partial charge < -0.3 is 15.0 Å². The van der Waals surface area contributed by atoms with E-state index in [1.54, 1.807) is 31.6 Å². The second-order valence-electron chi connectivity index (χ2n) is 4.85. The maximum atomic E-state index is 8.90. The number of ether oxygens (including phenoxy) is 1. The molecule has 0 aliphatic carbocycles. The number of rotatable bonds is 4. The van der Waals surface area contributed by atoms with E-state index < -0.39 is 0 Å². The molecule has 8 nitrogen and oxygen atoms in total. The third kappa shape index (κ3) is 3.03. The molecule has 3 rings (SSSR count). The first-order valence-electron chi connectivity index (χ1n) is 6.90. The molecule has 1 saturated heterocycles. The zero-order chi connectivity index (χ0) is 15.4. The fourth-order valence-corrected chi connectivity index (χ4v) is 2.33. The molecule has 0 saturated carbocycles. The summed E-state index contributed by atoms with van der Waals surface area (Å²) in [6.07, 6.45) is 4.17. The summed E-state index contributed by atoms with van der Waals surface area (Å²) in [5.74, 6) is 1.64. The highest BCUT2D eigenvalue weighted by atomic mass is 16.5. The number of aromatic nitrogens is 4. The third-order valence-electron chi connectivity index (χ3n) is 3.40. The Labute approximate surface area is 127 Å². The normalized spacial score (nSPS) is 17.1. The van der Waals surface area contributed by atoms with Gasteiger partial charge in [0.15, 0.2) is 0 Å². The molecule has 1 fully saturated rings. The molecule has 0 bridgehead atoms. The van der Waals surface area contributed by atoms with Gasteiger partial charge in [-0.25, -0.2) is 15.0 Å². The lowest BCUT2D eigenvalue weighted by atomic mass is 10.3. The van der Waals surface area contributed by atoms with Crippen molar-refractivity contribution in [1.29, 1.82) is 5.26 Å². The zero-order valence-electron chi connectivity index (χ0n) is 12.1. The van der Waals surface area contributed by atoms with Gasteiger partial charge in [0.2, 0.25) is 17.8 Å². The van der Waals surface area contributed by atoms with Crippen molar-refractivity contribution in [1.82, 2.24) is 19.9 Å². The van der Waals surface area contributed by atoms with Crippen LogP contribution in [0.2, 0.25) is 0 Å². The molecule has 0 aromatic carbocycles. The van der Waals surface area contributed by atoms with Crippen LogP contribution in [-0.2, 0) is 0 Å². The SMILES string of the molecule is COc1ccnc(NC2CCN(c3nccc(C#N)n3)C2)n1. The van der Waals surface area contributed by atoms with Crippen molar-refractivity contribution in [2.45, 2.75) is 12.5 Å². The molecule has 112 valence electrons. The van der Waals surface area contributed by atoms with Crippen molar-refractivity contribution in [3.05, 3.63) is 30.2 Å². The van der Waals surface area contributed by atoms with Crippen molar-refractivity contribution >= 4 is 11.9 Å². The largest absolute Gasteiger partial charge is 0.481 e. The maximum absolute atomic E-state index is 8.90. The summed E-state index contributed by atoms with van der Waals surface area (Å²) in [5, 5.41) is 12.2. The minimum Gasteiger partial charge on any atom is -0.481 e. The highest BCUT2D eigenvalue weighted by Crippen LogP contribution is 2.18. The maximum Gasteiger partial charge on any atom is 0.226 e. The van der Waals surface area contributed by atoms with Crippen molar-refractivity contribution in [2.24, 2.45) is 0 Å². The van der Waals surface area contributed by atoms with E-state index in [4.69, 9.17) is 10.00 Å². The van der Waals surface area contributed by atoms with Crippen LogP contribution in [0.3, 0.4) is 0 Å². The first kappa shape index (κ1) is 14.0. The summed E-state index contributed by atoms with van der Waals surface area (Å²) in [6.45, 7) is 1.55. The molecular formula is C14H15N7O. The molecule has 1 unspecified atom stereocenters. The Hall–Kier alpha value is -2.95. The number of nitrogens with zero attached hydrogens (tertiary/aromatic N) is 6. The lowest BCUT2D eigenvalue weighted by molar-refractivity contribution is 0.397. The molecule has 8 heteroatoms. The van der Waals surface area contributed by atoms with E-state index in [-0.39, 0.29) is 6.04 Å². The first-order valence-corrected chi connectivity index (χ1v) is 6.90. The van der Waals surface area contributed by atoms with E-state index in [1.165, 1.54) is 0 Å². The van der Waals surface area contributed by atoms with Gasteiger partial charge in [-0.15, -0.1) is 0 Å².